The average Bonchev–Trinajstić information content (AvgIpc) is 2.72. The van der Waals surface area contributed by atoms with E-state index in [-0.39, 0.29) is 6.61 Å². The van der Waals surface area contributed by atoms with Gasteiger partial charge < -0.3 is 19.9 Å². The van der Waals surface area contributed by atoms with Crippen LogP contribution >= 0.6 is 11.6 Å². The van der Waals surface area contributed by atoms with Crippen molar-refractivity contribution < 1.29 is 14.6 Å². The smallest absolute Gasteiger partial charge is 0.120 e. The fourth-order valence-electron chi connectivity index (χ4n) is 2.43. The molecule has 0 aliphatic heterocycles. The molecule has 0 heterocycles. The van der Waals surface area contributed by atoms with Gasteiger partial charge in [-0.1, -0.05) is 41.9 Å². The van der Waals surface area contributed by atoms with Crippen LogP contribution in [0.5, 0.6) is 11.5 Å². The molecule has 0 saturated heterocycles. The van der Waals surface area contributed by atoms with E-state index in [0.29, 0.717) is 23.9 Å². The van der Waals surface area contributed by atoms with Crippen LogP contribution in [0, 0.1) is 0 Å². The zero-order valence-electron chi connectivity index (χ0n) is 14.8. The molecule has 1 atom stereocenters. The van der Waals surface area contributed by atoms with Gasteiger partial charge in [-0.25, -0.2) is 0 Å². The Hall–Kier alpha value is -2.69. The topological polar surface area (TPSA) is 50.7 Å². The number of rotatable bonds is 9. The van der Waals surface area contributed by atoms with Crippen molar-refractivity contribution in [3.63, 3.8) is 0 Å². The highest BCUT2D eigenvalue weighted by Crippen LogP contribution is 2.19. The number of anilines is 1. The first-order chi connectivity index (χ1) is 13.2. The zero-order chi connectivity index (χ0) is 18.9. The second-order valence-electron chi connectivity index (χ2n) is 6.10. The van der Waals surface area contributed by atoms with E-state index >= 15 is 0 Å². The highest BCUT2D eigenvalue weighted by atomic mass is 35.5. The van der Waals surface area contributed by atoms with Crippen LogP contribution in [0.1, 0.15) is 5.56 Å². The van der Waals surface area contributed by atoms with Crippen LogP contribution in [0.4, 0.5) is 5.69 Å². The summed E-state index contributed by atoms with van der Waals surface area (Å²) in [6.07, 6.45) is -0.630. The van der Waals surface area contributed by atoms with Gasteiger partial charge in [-0.3, -0.25) is 0 Å². The van der Waals surface area contributed by atoms with Crippen LogP contribution < -0.4 is 14.8 Å². The van der Waals surface area contributed by atoms with E-state index in [4.69, 9.17) is 21.1 Å². The molecule has 0 amide bonds. The highest BCUT2D eigenvalue weighted by Gasteiger charge is 2.06. The lowest BCUT2D eigenvalue weighted by molar-refractivity contribution is 0.117. The van der Waals surface area contributed by atoms with E-state index in [2.05, 4.69) is 5.32 Å². The van der Waals surface area contributed by atoms with Crippen LogP contribution in [0.2, 0.25) is 5.02 Å². The van der Waals surface area contributed by atoms with E-state index in [1.165, 1.54) is 0 Å². The molecule has 27 heavy (non-hydrogen) atoms. The van der Waals surface area contributed by atoms with Crippen LogP contribution in [-0.4, -0.2) is 24.4 Å². The monoisotopic (exact) mass is 383 g/mol. The van der Waals surface area contributed by atoms with Gasteiger partial charge in [-0.2, -0.15) is 0 Å². The fourth-order valence-corrected chi connectivity index (χ4v) is 2.55. The molecule has 0 bridgehead atoms. The lowest BCUT2D eigenvalue weighted by Gasteiger charge is -2.14. The second kappa shape index (κ2) is 9.86. The predicted octanol–water partition coefficient (Wildman–Crippen LogP) is 4.77. The first-order valence-corrected chi connectivity index (χ1v) is 9.14. The Kier molecular flexibility index (Phi) is 6.97. The summed E-state index contributed by atoms with van der Waals surface area (Å²) in [6.45, 7) is 1.11. The number of halogens is 1. The molecule has 0 radical (unpaired) electrons. The van der Waals surface area contributed by atoms with Gasteiger partial charge in [0, 0.05) is 17.3 Å². The summed E-state index contributed by atoms with van der Waals surface area (Å²) in [4.78, 5) is 0. The van der Waals surface area contributed by atoms with Crippen LogP contribution in [-0.2, 0) is 6.61 Å². The molecule has 140 valence electrons. The van der Waals surface area contributed by atoms with Crippen molar-refractivity contribution in [1.82, 2.24) is 0 Å². The number of hydrogen-bond acceptors (Lipinski definition) is 4. The van der Waals surface area contributed by atoms with E-state index in [9.17, 15) is 5.11 Å². The first kappa shape index (κ1) is 19.1. The minimum atomic E-state index is -0.630. The Labute approximate surface area is 164 Å². The summed E-state index contributed by atoms with van der Waals surface area (Å²) in [5.74, 6) is 1.46. The van der Waals surface area contributed by atoms with Gasteiger partial charge in [0.2, 0.25) is 0 Å². The Morgan fingerprint density at radius 3 is 2.11 bits per heavy atom. The lowest BCUT2D eigenvalue weighted by Crippen LogP contribution is -2.26. The summed E-state index contributed by atoms with van der Waals surface area (Å²) in [6, 6.07) is 24.7. The Morgan fingerprint density at radius 1 is 0.815 bits per heavy atom. The van der Waals surface area contributed by atoms with Crippen molar-refractivity contribution in [1.29, 1.82) is 0 Å². The van der Waals surface area contributed by atoms with Crippen molar-refractivity contribution >= 4 is 17.3 Å². The largest absolute Gasteiger partial charge is 0.491 e. The molecule has 0 aromatic heterocycles. The first-order valence-electron chi connectivity index (χ1n) is 8.76. The van der Waals surface area contributed by atoms with Crippen molar-refractivity contribution in [2.24, 2.45) is 0 Å². The van der Waals surface area contributed by atoms with E-state index in [1.807, 2.05) is 66.7 Å². The van der Waals surface area contributed by atoms with Gasteiger partial charge in [0.25, 0.3) is 0 Å². The fraction of sp³-hybridized carbons (Fsp3) is 0.182. The SMILES string of the molecule is O[C@H](CNc1ccc(Cl)cc1)COc1ccc(OCc2ccccc2)cc1. The molecule has 5 heteroatoms. The van der Waals surface area contributed by atoms with Crippen molar-refractivity contribution in [2.45, 2.75) is 12.7 Å². The molecular weight excluding hydrogens is 362 g/mol. The molecule has 0 spiro atoms. The van der Waals surface area contributed by atoms with Gasteiger partial charge in [-0.05, 0) is 54.1 Å². The molecule has 3 rings (SSSR count). The summed E-state index contributed by atoms with van der Waals surface area (Å²) < 4.78 is 11.4. The van der Waals surface area contributed by atoms with E-state index in [1.54, 1.807) is 12.1 Å². The molecule has 0 fully saturated rings. The maximum Gasteiger partial charge on any atom is 0.120 e. The predicted molar refractivity (Wildman–Crippen MR) is 109 cm³/mol. The molecule has 0 saturated carbocycles. The normalized spacial score (nSPS) is 11.6. The number of aliphatic hydroxyl groups excluding tert-OH is 1. The molecule has 0 aliphatic rings. The maximum atomic E-state index is 10.1. The van der Waals surface area contributed by atoms with E-state index in [0.717, 1.165) is 17.0 Å². The third-order valence-electron chi connectivity index (χ3n) is 3.90. The highest BCUT2D eigenvalue weighted by molar-refractivity contribution is 6.30. The molecular formula is C22H22ClNO3. The van der Waals surface area contributed by atoms with Gasteiger partial charge in [0.1, 0.15) is 30.8 Å². The average molecular weight is 384 g/mol. The van der Waals surface area contributed by atoms with Gasteiger partial charge in [0.05, 0.1) is 0 Å². The minimum absolute atomic E-state index is 0.199. The van der Waals surface area contributed by atoms with Gasteiger partial charge in [-0.15, -0.1) is 0 Å². The Morgan fingerprint density at radius 2 is 1.44 bits per heavy atom. The third-order valence-corrected chi connectivity index (χ3v) is 4.15. The quantitative estimate of drug-likeness (QED) is 0.558. The third kappa shape index (κ3) is 6.51. The van der Waals surface area contributed by atoms with Crippen LogP contribution in [0.3, 0.4) is 0 Å². The maximum absolute atomic E-state index is 10.1. The number of nitrogens with one attached hydrogen (secondary N) is 1. The molecule has 0 aliphatic carbocycles. The van der Waals surface area contributed by atoms with Gasteiger partial charge in [0.15, 0.2) is 0 Å². The Bertz CT molecular complexity index is 807. The van der Waals surface area contributed by atoms with E-state index < -0.39 is 6.10 Å². The summed E-state index contributed by atoms with van der Waals surface area (Å²) in [5.41, 5.74) is 2.02. The number of aliphatic hydroxyl groups is 1. The van der Waals surface area contributed by atoms with Crippen LogP contribution in [0.15, 0.2) is 78.9 Å². The number of hydrogen-bond donors (Lipinski definition) is 2. The Balaban J connectivity index is 1.39. The number of ether oxygens (including phenoxy) is 2. The van der Waals surface area contributed by atoms with Gasteiger partial charge >= 0.3 is 0 Å². The summed E-state index contributed by atoms with van der Waals surface area (Å²) in [5, 5.41) is 13.9. The second-order valence-corrected chi connectivity index (χ2v) is 6.53. The lowest BCUT2D eigenvalue weighted by atomic mass is 10.2. The minimum Gasteiger partial charge on any atom is -0.491 e. The van der Waals surface area contributed by atoms with Crippen molar-refractivity contribution in [3.05, 3.63) is 89.4 Å². The number of benzene rings is 3. The molecule has 2 N–H and O–H groups in total. The summed E-state index contributed by atoms with van der Waals surface area (Å²) >= 11 is 5.85. The van der Waals surface area contributed by atoms with Crippen LogP contribution in [0.25, 0.3) is 0 Å². The van der Waals surface area contributed by atoms with Crippen molar-refractivity contribution in [3.8, 4) is 11.5 Å². The molecule has 4 nitrogen and oxygen atoms in total. The zero-order valence-corrected chi connectivity index (χ0v) is 15.6. The molecule has 3 aromatic rings. The standard InChI is InChI=1S/C22H22ClNO3/c23-18-6-8-19(9-7-18)24-14-20(25)16-27-22-12-10-21(11-13-22)26-15-17-4-2-1-3-5-17/h1-13,20,24-25H,14-16H2/t20-/m1/s1. The molecule has 3 aromatic carbocycles. The van der Waals surface area contributed by atoms with Crippen molar-refractivity contribution in [2.75, 3.05) is 18.5 Å². The molecule has 0 unspecified atom stereocenters. The summed E-state index contributed by atoms with van der Waals surface area (Å²) in [7, 11) is 0.